The van der Waals surface area contributed by atoms with E-state index in [1.165, 1.54) is 27.3 Å². The van der Waals surface area contributed by atoms with E-state index in [1.807, 2.05) is 79.9 Å². The first-order valence-electron chi connectivity index (χ1n) is 38.8. The molecule has 14 aromatic rings. The van der Waals surface area contributed by atoms with E-state index in [9.17, 15) is 15.1 Å². The molecule has 0 fully saturated rings. The first kappa shape index (κ1) is 34.9. The summed E-state index contributed by atoms with van der Waals surface area (Å²) < 4.78 is 224. The van der Waals surface area contributed by atoms with Gasteiger partial charge in [-0.1, -0.05) is 223 Å². The average molecular weight is 1310 g/mol. The molecule has 0 amide bonds. The van der Waals surface area contributed by atoms with E-state index in [0.717, 1.165) is 27.4 Å². The standard InChI is InChI=1S/C80H62N4O.Pt/c1-79(2,3)64-32-21-31-59(46-64)71-47-62(57-29-17-10-18-30-57)48-72(63-44-60(55-25-13-8-14-26-55)43-61(45-63)56-27-15-9-16-28-56)78(71)83-53-82(76-49-58(37-40-74(76)83)54-23-11-7-12-24-54)66-33-22-34-67(51-66)85-68-38-39-70-69-35-19-20-36-73(69)84(75(70)52-68)77-50-65(41-42-81-77)80(4,5)6;/h7-50H,1-6H3;/q-2;/i7D,8D,9D,10D,11D,12D,13D,14D,15D,16D,17D,18D,23D,24D,25D,26D,27D,28D,29D,30D,43D,44D,45D;. The SMILES string of the molecule is [2H]c1c([2H])c([2H])c(-c2cc(-c3cccc(C(C)(C)C)c3)c(-[n+]3[c-]n(-c4[c-]c(Oc5[c-]c6c(cc5)c5ccccc5n6-c5cc(C(C)(C)C)ccn5)ccc4)c4cc(-c5c([2H])c([2H])c([2H])c([2H])c5[2H])ccc43)c(-c3c([2H])c(-c4c([2H])c([2H])c([2H])c([2H])c4[2H])c([2H])c(-c4c([2H])c([2H])c([2H])c([2H])c4[2H])c3[2H])c2)c([2H])c1[2H].[Pt]. The Hall–Kier alpha value is -9.67. The number of fused-ring (bicyclic) bond motifs is 4. The van der Waals surface area contributed by atoms with Crippen molar-refractivity contribution in [3.8, 4) is 95.5 Å². The zero-order valence-corrected chi connectivity index (χ0v) is 49.4. The molecule has 3 heterocycles. The molecule has 0 spiro atoms. The molecule has 3 aromatic heterocycles. The van der Waals surface area contributed by atoms with Crippen molar-refractivity contribution in [2.75, 3.05) is 0 Å². The zero-order valence-electron chi connectivity index (χ0n) is 70.1. The molecule has 0 atom stereocenters. The minimum atomic E-state index is -0.955. The van der Waals surface area contributed by atoms with E-state index >= 15 is 0 Å². The van der Waals surface area contributed by atoms with Crippen LogP contribution in [0.1, 0.15) is 84.2 Å². The predicted molar refractivity (Wildman–Crippen MR) is 350 cm³/mol. The van der Waals surface area contributed by atoms with Gasteiger partial charge >= 0.3 is 0 Å². The minimum absolute atomic E-state index is 0. The maximum Gasteiger partial charge on any atom is 0.268 e. The van der Waals surface area contributed by atoms with Crippen molar-refractivity contribution in [3.05, 3.63) is 296 Å². The molecule has 5 nitrogen and oxygen atoms in total. The molecule has 420 valence electrons. The fourth-order valence-electron chi connectivity index (χ4n) is 10.5. The fraction of sp³-hybridized carbons (Fsp3) is 0.100. The summed E-state index contributed by atoms with van der Waals surface area (Å²) in [5.74, 6) is 1.05. The molecular formula is C80H62N4OPt-2. The van der Waals surface area contributed by atoms with E-state index in [0.29, 0.717) is 16.9 Å². The van der Waals surface area contributed by atoms with Gasteiger partial charge in [0.05, 0.1) is 48.2 Å². The second-order valence-corrected chi connectivity index (χ2v) is 22.3. The minimum Gasteiger partial charge on any atom is -0.510 e. The second kappa shape index (κ2) is 22.7. The average Bonchev–Trinajstić information content (AvgIpc) is 1.61. The van der Waals surface area contributed by atoms with Crippen LogP contribution in [-0.2, 0) is 31.9 Å². The van der Waals surface area contributed by atoms with Crippen molar-refractivity contribution in [1.82, 2.24) is 14.1 Å². The Morgan fingerprint density at radius 1 is 0.453 bits per heavy atom. The summed E-state index contributed by atoms with van der Waals surface area (Å²) in [6.07, 6.45) is 5.25. The number of para-hydroxylation sites is 1. The number of rotatable bonds is 11. The fourth-order valence-corrected chi connectivity index (χ4v) is 10.5. The van der Waals surface area contributed by atoms with Crippen molar-refractivity contribution in [2.45, 2.75) is 52.4 Å². The maximum absolute atomic E-state index is 10.6. The first-order valence-corrected chi connectivity index (χ1v) is 27.3. The summed E-state index contributed by atoms with van der Waals surface area (Å²) in [6, 6.07) is 23.8. The first-order chi connectivity index (χ1) is 50.9. The summed E-state index contributed by atoms with van der Waals surface area (Å²) in [4.78, 5) is 4.83. The summed E-state index contributed by atoms with van der Waals surface area (Å²) in [6.45, 7) is 12.2. The Morgan fingerprint density at radius 3 is 1.67 bits per heavy atom. The number of benzene rings is 11. The van der Waals surface area contributed by atoms with Crippen molar-refractivity contribution >= 4 is 32.8 Å². The smallest absolute Gasteiger partial charge is 0.268 e. The van der Waals surface area contributed by atoms with E-state index < -0.39 is 172 Å². The van der Waals surface area contributed by atoms with Gasteiger partial charge in [0, 0.05) is 44.3 Å². The van der Waals surface area contributed by atoms with Gasteiger partial charge in [0.15, 0.2) is 0 Å². The van der Waals surface area contributed by atoms with Crippen LogP contribution in [0.25, 0.3) is 117 Å². The molecule has 0 aliphatic heterocycles. The summed E-state index contributed by atoms with van der Waals surface area (Å²) in [5.41, 5.74) is -1.09. The molecule has 0 saturated heterocycles. The van der Waals surface area contributed by atoms with Gasteiger partial charge in [0.25, 0.3) is 6.33 Å². The number of hydrogen-bond acceptors (Lipinski definition) is 2. The van der Waals surface area contributed by atoms with Crippen LogP contribution in [0.5, 0.6) is 11.5 Å². The molecule has 14 rings (SSSR count). The van der Waals surface area contributed by atoms with Crippen LogP contribution in [0.3, 0.4) is 0 Å². The van der Waals surface area contributed by atoms with Crippen LogP contribution in [-0.4, -0.2) is 14.1 Å². The Labute approximate surface area is 550 Å². The van der Waals surface area contributed by atoms with Gasteiger partial charge in [0.2, 0.25) is 0 Å². The van der Waals surface area contributed by atoms with Crippen molar-refractivity contribution in [2.24, 2.45) is 0 Å². The summed E-state index contributed by atoms with van der Waals surface area (Å²) in [5, 5.41) is 1.79. The van der Waals surface area contributed by atoms with Crippen LogP contribution >= 0.6 is 0 Å². The molecule has 11 aromatic carbocycles. The van der Waals surface area contributed by atoms with Crippen molar-refractivity contribution in [3.63, 3.8) is 0 Å². The number of imidazole rings is 1. The summed E-state index contributed by atoms with van der Waals surface area (Å²) >= 11 is 0. The van der Waals surface area contributed by atoms with Gasteiger partial charge in [-0.3, -0.25) is 4.57 Å². The van der Waals surface area contributed by atoms with Crippen LogP contribution < -0.4 is 9.30 Å². The van der Waals surface area contributed by atoms with E-state index in [2.05, 4.69) is 39.2 Å². The quantitative estimate of drug-likeness (QED) is 0.0956. The third-order valence-corrected chi connectivity index (χ3v) is 14.7. The largest absolute Gasteiger partial charge is 0.510 e. The number of hydrogen-bond donors (Lipinski definition) is 0. The molecular weight excluding hydrogens is 1230 g/mol. The molecule has 86 heavy (non-hydrogen) atoms. The van der Waals surface area contributed by atoms with Gasteiger partial charge in [-0.05, 0) is 154 Å². The molecule has 0 aliphatic carbocycles. The van der Waals surface area contributed by atoms with Gasteiger partial charge in [-0.25, -0.2) is 4.98 Å². The van der Waals surface area contributed by atoms with Gasteiger partial charge in [-0.2, -0.15) is 18.2 Å². The molecule has 0 unspecified atom stereocenters. The zero-order chi connectivity index (χ0) is 77.8. The molecule has 0 aliphatic rings. The normalized spacial score (nSPS) is 15.5. The monoisotopic (exact) mass is 1310 g/mol. The molecule has 6 heteroatoms. The second-order valence-electron chi connectivity index (χ2n) is 22.3. The van der Waals surface area contributed by atoms with Gasteiger partial charge in [-0.15, -0.1) is 29.7 Å². The third-order valence-electron chi connectivity index (χ3n) is 14.7. The van der Waals surface area contributed by atoms with Crippen LogP contribution in [0, 0.1) is 18.5 Å². The van der Waals surface area contributed by atoms with Crippen LogP contribution in [0.4, 0.5) is 0 Å². The topological polar surface area (TPSA) is 35.9 Å². The van der Waals surface area contributed by atoms with Gasteiger partial charge < -0.3 is 13.9 Å². The van der Waals surface area contributed by atoms with Crippen LogP contribution in [0.2, 0.25) is 0 Å². The Morgan fingerprint density at radius 2 is 1.02 bits per heavy atom. The molecule has 0 bridgehead atoms. The Balaban J connectivity index is 0.0000105. The number of nitrogens with zero attached hydrogens (tertiary/aromatic N) is 4. The van der Waals surface area contributed by atoms with Crippen molar-refractivity contribution in [1.29, 1.82) is 0 Å². The Bertz CT molecular complexity index is 6040. The summed E-state index contributed by atoms with van der Waals surface area (Å²) in [7, 11) is 0. The van der Waals surface area contributed by atoms with Gasteiger partial charge in [0.1, 0.15) is 5.82 Å². The molecule has 0 N–H and O–H groups in total. The predicted octanol–water partition coefficient (Wildman–Crippen LogP) is 20.2. The maximum atomic E-state index is 10.6. The number of ether oxygens (including phenoxy) is 1. The number of aromatic nitrogens is 4. The van der Waals surface area contributed by atoms with Crippen LogP contribution in [0.15, 0.2) is 266 Å². The number of pyridine rings is 1. The van der Waals surface area contributed by atoms with Crippen molar-refractivity contribution < 1.29 is 61.9 Å². The molecule has 0 saturated carbocycles. The van der Waals surface area contributed by atoms with E-state index in [-0.39, 0.29) is 93.8 Å². The third kappa shape index (κ3) is 10.7. The Kier molecular flexibility index (Phi) is 9.23. The van der Waals surface area contributed by atoms with E-state index in [4.69, 9.17) is 26.2 Å². The molecule has 0 radical (unpaired) electrons. The van der Waals surface area contributed by atoms with E-state index in [1.54, 1.807) is 54.7 Å².